The molecular formula is C18H28N2O2. The van der Waals surface area contributed by atoms with Gasteiger partial charge in [-0.1, -0.05) is 19.8 Å². The number of rotatable bonds is 2. The zero-order chi connectivity index (χ0) is 16.3. The smallest absolute Gasteiger partial charge is 0.416 e. The number of carbonyl (C=O) groups is 1. The largest absolute Gasteiger partial charge is 0.443 e. The summed E-state index contributed by atoms with van der Waals surface area (Å²) >= 11 is 0. The summed E-state index contributed by atoms with van der Waals surface area (Å²) in [5.41, 5.74) is 0.596. The molecule has 1 aliphatic carbocycles. The van der Waals surface area contributed by atoms with Crippen molar-refractivity contribution >= 4 is 11.9 Å². The van der Waals surface area contributed by atoms with Gasteiger partial charge in [0.15, 0.2) is 0 Å². The van der Waals surface area contributed by atoms with Gasteiger partial charge in [0.25, 0.3) is 0 Å². The minimum atomic E-state index is -0.503. The second-order valence-electron chi connectivity index (χ2n) is 7.37. The van der Waals surface area contributed by atoms with Crippen LogP contribution in [0.1, 0.15) is 58.9 Å². The van der Waals surface area contributed by atoms with E-state index in [1.165, 1.54) is 6.42 Å². The molecule has 0 aliphatic heterocycles. The van der Waals surface area contributed by atoms with Crippen LogP contribution in [0.15, 0.2) is 18.3 Å². The maximum absolute atomic E-state index is 12.8. The summed E-state index contributed by atoms with van der Waals surface area (Å²) in [5.74, 6) is 1.16. The molecule has 2 atom stereocenters. The van der Waals surface area contributed by atoms with Crippen LogP contribution in [0.25, 0.3) is 0 Å². The normalized spacial score (nSPS) is 22.2. The van der Waals surface area contributed by atoms with Gasteiger partial charge in [0.05, 0.1) is 0 Å². The first-order chi connectivity index (χ1) is 10.3. The van der Waals surface area contributed by atoms with Crippen LogP contribution in [-0.2, 0) is 4.74 Å². The van der Waals surface area contributed by atoms with Crippen molar-refractivity contribution in [1.82, 2.24) is 4.98 Å². The number of hydrogen-bond donors (Lipinski definition) is 0. The van der Waals surface area contributed by atoms with Gasteiger partial charge in [-0.2, -0.15) is 0 Å². The monoisotopic (exact) mass is 304 g/mol. The van der Waals surface area contributed by atoms with Crippen LogP contribution in [0, 0.1) is 12.8 Å². The number of nitrogens with zero attached hydrogens (tertiary/aromatic N) is 2. The molecule has 0 spiro atoms. The van der Waals surface area contributed by atoms with Crippen molar-refractivity contribution in [1.29, 1.82) is 0 Å². The molecule has 0 unspecified atom stereocenters. The Morgan fingerprint density at radius 1 is 1.32 bits per heavy atom. The molecule has 2 rings (SSSR count). The number of ether oxygens (including phenoxy) is 1. The van der Waals surface area contributed by atoms with Gasteiger partial charge in [0.1, 0.15) is 11.4 Å². The zero-order valence-electron chi connectivity index (χ0n) is 14.4. The Labute approximate surface area is 133 Å². The van der Waals surface area contributed by atoms with Gasteiger partial charge in [-0.05, 0) is 64.2 Å². The summed E-state index contributed by atoms with van der Waals surface area (Å²) in [6.45, 7) is 9.94. The molecule has 1 heterocycles. The standard InChI is InChI=1S/C18H28N2O2/c1-13-10-11-19-16(12-13)20(17(21)22-18(3,4)5)15-9-7-6-8-14(15)2/h10-12,14-15H,6-9H2,1-5H3/t14-,15-/m0/s1. The predicted molar refractivity (Wildman–Crippen MR) is 89.1 cm³/mol. The van der Waals surface area contributed by atoms with Gasteiger partial charge in [-0.25, -0.2) is 9.78 Å². The number of pyridine rings is 1. The van der Waals surface area contributed by atoms with Crippen LogP contribution in [0.3, 0.4) is 0 Å². The van der Waals surface area contributed by atoms with Gasteiger partial charge in [0, 0.05) is 12.2 Å². The Balaban J connectivity index is 2.33. The Hall–Kier alpha value is -1.58. The van der Waals surface area contributed by atoms with Crippen LogP contribution in [-0.4, -0.2) is 22.7 Å². The molecule has 0 aromatic carbocycles. The lowest BCUT2D eigenvalue weighted by atomic mass is 9.85. The fourth-order valence-electron chi connectivity index (χ4n) is 3.04. The molecule has 122 valence electrons. The highest BCUT2D eigenvalue weighted by atomic mass is 16.6. The van der Waals surface area contributed by atoms with E-state index in [-0.39, 0.29) is 12.1 Å². The first kappa shape index (κ1) is 16.8. The predicted octanol–water partition coefficient (Wildman–Crippen LogP) is 4.71. The summed E-state index contributed by atoms with van der Waals surface area (Å²) in [6.07, 6.45) is 6.02. The lowest BCUT2D eigenvalue weighted by Gasteiger charge is -2.38. The summed E-state index contributed by atoms with van der Waals surface area (Å²) in [5, 5.41) is 0. The fourth-order valence-corrected chi connectivity index (χ4v) is 3.04. The van der Waals surface area contributed by atoms with E-state index >= 15 is 0 Å². The number of amides is 1. The second kappa shape index (κ2) is 6.67. The molecule has 0 bridgehead atoms. The molecular weight excluding hydrogens is 276 g/mol. The van der Waals surface area contributed by atoms with Gasteiger partial charge < -0.3 is 4.74 Å². The molecule has 1 aromatic rings. The van der Waals surface area contributed by atoms with Crippen molar-refractivity contribution in [2.45, 2.75) is 71.9 Å². The fraction of sp³-hybridized carbons (Fsp3) is 0.667. The average Bonchev–Trinajstić information content (AvgIpc) is 2.39. The highest BCUT2D eigenvalue weighted by Crippen LogP contribution is 2.32. The number of aromatic nitrogens is 1. The highest BCUT2D eigenvalue weighted by Gasteiger charge is 2.35. The summed E-state index contributed by atoms with van der Waals surface area (Å²) in [7, 11) is 0. The summed E-state index contributed by atoms with van der Waals surface area (Å²) < 4.78 is 5.64. The number of anilines is 1. The first-order valence-electron chi connectivity index (χ1n) is 8.23. The lowest BCUT2D eigenvalue weighted by Crippen LogP contribution is -2.48. The van der Waals surface area contributed by atoms with Crippen molar-refractivity contribution in [2.24, 2.45) is 5.92 Å². The van der Waals surface area contributed by atoms with Crippen molar-refractivity contribution < 1.29 is 9.53 Å². The van der Waals surface area contributed by atoms with Crippen LogP contribution in [0.2, 0.25) is 0 Å². The molecule has 0 N–H and O–H groups in total. The Kier molecular flexibility index (Phi) is 5.09. The second-order valence-corrected chi connectivity index (χ2v) is 7.37. The molecule has 22 heavy (non-hydrogen) atoms. The minimum Gasteiger partial charge on any atom is -0.443 e. The number of carbonyl (C=O) groups excluding carboxylic acids is 1. The van der Waals surface area contributed by atoms with Gasteiger partial charge in [-0.3, -0.25) is 4.90 Å². The van der Waals surface area contributed by atoms with Gasteiger partial charge in [0.2, 0.25) is 0 Å². The molecule has 4 heteroatoms. The Morgan fingerprint density at radius 3 is 2.59 bits per heavy atom. The van der Waals surface area contributed by atoms with E-state index < -0.39 is 5.60 Å². The lowest BCUT2D eigenvalue weighted by molar-refractivity contribution is 0.0543. The van der Waals surface area contributed by atoms with E-state index in [9.17, 15) is 4.79 Å². The van der Waals surface area contributed by atoms with E-state index in [4.69, 9.17) is 4.74 Å². The first-order valence-corrected chi connectivity index (χ1v) is 8.23. The molecule has 1 saturated carbocycles. The zero-order valence-corrected chi connectivity index (χ0v) is 14.4. The number of hydrogen-bond acceptors (Lipinski definition) is 3. The molecule has 1 fully saturated rings. The van der Waals surface area contributed by atoms with E-state index in [0.717, 1.165) is 24.8 Å². The van der Waals surface area contributed by atoms with Crippen molar-refractivity contribution in [3.05, 3.63) is 23.9 Å². The molecule has 4 nitrogen and oxygen atoms in total. The third-order valence-corrected chi connectivity index (χ3v) is 4.14. The third-order valence-electron chi connectivity index (χ3n) is 4.14. The van der Waals surface area contributed by atoms with Crippen LogP contribution in [0.4, 0.5) is 10.6 Å². The average molecular weight is 304 g/mol. The molecule has 1 aliphatic rings. The topological polar surface area (TPSA) is 42.4 Å². The van der Waals surface area contributed by atoms with Crippen molar-refractivity contribution in [3.63, 3.8) is 0 Å². The molecule has 0 radical (unpaired) electrons. The Morgan fingerprint density at radius 2 is 2.00 bits per heavy atom. The Bertz CT molecular complexity index is 522. The molecule has 1 amide bonds. The van der Waals surface area contributed by atoms with Crippen molar-refractivity contribution in [2.75, 3.05) is 4.90 Å². The van der Waals surface area contributed by atoms with Gasteiger partial charge >= 0.3 is 6.09 Å². The van der Waals surface area contributed by atoms with Gasteiger partial charge in [-0.15, -0.1) is 0 Å². The van der Waals surface area contributed by atoms with Crippen molar-refractivity contribution in [3.8, 4) is 0 Å². The van der Waals surface area contributed by atoms with E-state index in [0.29, 0.717) is 11.7 Å². The van der Waals surface area contributed by atoms with Crippen LogP contribution in [0.5, 0.6) is 0 Å². The summed E-state index contributed by atoms with van der Waals surface area (Å²) in [4.78, 5) is 19.0. The molecule has 0 saturated heterocycles. The van der Waals surface area contributed by atoms with E-state index in [1.807, 2.05) is 39.8 Å². The van der Waals surface area contributed by atoms with Crippen LogP contribution < -0.4 is 4.90 Å². The third kappa shape index (κ3) is 4.21. The van der Waals surface area contributed by atoms with E-state index in [1.54, 1.807) is 11.1 Å². The SMILES string of the molecule is Cc1ccnc(N(C(=O)OC(C)(C)C)[C@H]2CCCC[C@@H]2C)c1. The number of aryl methyl sites for hydroxylation is 1. The van der Waals surface area contributed by atoms with E-state index in [2.05, 4.69) is 11.9 Å². The quantitative estimate of drug-likeness (QED) is 0.794. The minimum absolute atomic E-state index is 0.165. The maximum Gasteiger partial charge on any atom is 0.416 e. The van der Waals surface area contributed by atoms with Crippen LogP contribution >= 0.6 is 0 Å². The summed E-state index contributed by atoms with van der Waals surface area (Å²) in [6, 6.07) is 4.07. The highest BCUT2D eigenvalue weighted by molar-refractivity contribution is 5.87. The maximum atomic E-state index is 12.8. The molecule has 1 aromatic heterocycles.